The van der Waals surface area contributed by atoms with Gasteiger partial charge in [0, 0.05) is 11.8 Å². The van der Waals surface area contributed by atoms with Crippen LogP contribution in [0.2, 0.25) is 0 Å². The summed E-state index contributed by atoms with van der Waals surface area (Å²) >= 11 is 0. The lowest BCUT2D eigenvalue weighted by molar-refractivity contribution is -0.136. The van der Waals surface area contributed by atoms with Gasteiger partial charge in [0.15, 0.2) is 11.5 Å². The number of imide groups is 1. The first-order chi connectivity index (χ1) is 15.8. The Morgan fingerprint density at radius 3 is 2.55 bits per heavy atom. The third kappa shape index (κ3) is 4.57. The first kappa shape index (κ1) is 22.4. The fourth-order valence-electron chi connectivity index (χ4n) is 3.90. The molecule has 4 rings (SSSR count). The Kier molecular flexibility index (Phi) is 6.13. The molecule has 0 saturated carbocycles. The molecular weight excluding hydrogens is 426 g/mol. The van der Waals surface area contributed by atoms with Crippen molar-refractivity contribution in [3.05, 3.63) is 48.0 Å². The number of nitrogens with one attached hydrogen (secondary N) is 2. The highest BCUT2D eigenvalue weighted by Crippen LogP contribution is 2.33. The number of amides is 4. The third-order valence-electron chi connectivity index (χ3n) is 5.94. The topological polar surface area (TPSA) is 106 Å². The zero-order valence-electron chi connectivity index (χ0n) is 18.8. The molecule has 9 nitrogen and oxygen atoms in total. The molecule has 0 unspecified atom stereocenters. The Labute approximate surface area is 192 Å². The molecule has 2 N–H and O–H groups in total. The van der Waals surface area contributed by atoms with Gasteiger partial charge < -0.3 is 24.8 Å². The number of urea groups is 1. The summed E-state index contributed by atoms with van der Waals surface area (Å²) in [5.41, 5.74) is 0.412. The largest absolute Gasteiger partial charge is 0.497 e. The monoisotopic (exact) mass is 453 g/mol. The predicted molar refractivity (Wildman–Crippen MR) is 121 cm³/mol. The molecular formula is C24H27N3O6. The lowest BCUT2D eigenvalue weighted by Crippen LogP contribution is -2.48. The zero-order chi connectivity index (χ0) is 23.6. The third-order valence-corrected chi connectivity index (χ3v) is 5.94. The van der Waals surface area contributed by atoms with E-state index in [4.69, 9.17) is 14.2 Å². The summed E-state index contributed by atoms with van der Waals surface area (Å²) in [5, 5.41) is 5.51. The number of nitrogens with zero attached hydrogens (tertiary/aromatic N) is 1. The van der Waals surface area contributed by atoms with Crippen molar-refractivity contribution in [2.45, 2.75) is 38.3 Å². The number of anilines is 1. The van der Waals surface area contributed by atoms with E-state index in [0.29, 0.717) is 43.2 Å². The fraction of sp³-hybridized carbons (Fsp3) is 0.375. The van der Waals surface area contributed by atoms with Crippen LogP contribution in [-0.2, 0) is 16.0 Å². The summed E-state index contributed by atoms with van der Waals surface area (Å²) in [6.45, 7) is 4.11. The Morgan fingerprint density at radius 1 is 1.15 bits per heavy atom. The molecule has 0 bridgehead atoms. The van der Waals surface area contributed by atoms with E-state index < -0.39 is 29.4 Å². The molecule has 1 saturated heterocycles. The molecule has 2 aromatic carbocycles. The molecule has 33 heavy (non-hydrogen) atoms. The van der Waals surface area contributed by atoms with Crippen LogP contribution in [-0.4, -0.2) is 54.6 Å². The predicted octanol–water partition coefficient (Wildman–Crippen LogP) is 2.74. The summed E-state index contributed by atoms with van der Waals surface area (Å²) in [6.07, 6.45) is 0.981. The van der Waals surface area contributed by atoms with Crippen LogP contribution in [0.1, 0.15) is 25.8 Å². The quantitative estimate of drug-likeness (QED) is 0.625. The van der Waals surface area contributed by atoms with Gasteiger partial charge in [0.2, 0.25) is 5.91 Å². The van der Waals surface area contributed by atoms with Crippen molar-refractivity contribution in [1.29, 1.82) is 0 Å². The Hall–Kier alpha value is -3.75. The van der Waals surface area contributed by atoms with Crippen molar-refractivity contribution in [1.82, 2.24) is 10.2 Å². The van der Waals surface area contributed by atoms with Crippen molar-refractivity contribution in [3.8, 4) is 17.2 Å². The van der Waals surface area contributed by atoms with Crippen LogP contribution < -0.4 is 24.8 Å². The summed E-state index contributed by atoms with van der Waals surface area (Å²) in [7, 11) is 1.60. The summed E-state index contributed by atoms with van der Waals surface area (Å²) in [5.74, 6) is 0.987. The molecule has 1 fully saturated rings. The maximum atomic E-state index is 13.2. The van der Waals surface area contributed by atoms with E-state index in [1.807, 2.05) is 24.3 Å². The minimum absolute atomic E-state index is 0.400. The summed E-state index contributed by atoms with van der Waals surface area (Å²) in [6, 6.07) is 11.0. The molecule has 0 spiro atoms. The normalized spacial score (nSPS) is 20.3. The van der Waals surface area contributed by atoms with Gasteiger partial charge in [-0.1, -0.05) is 12.1 Å². The standard InChI is InChI=1S/C24H27N3O6/c1-15(21(28)25-17-6-9-19-20(14-17)33-13-12-32-19)27-22(29)24(2,26-23(27)30)11-10-16-4-7-18(31-3)8-5-16/h4-9,14-15H,10-13H2,1-3H3,(H,25,28)(H,26,30)/t15-,24-/m0/s1. The molecule has 9 heteroatoms. The average molecular weight is 453 g/mol. The second-order valence-electron chi connectivity index (χ2n) is 8.31. The van der Waals surface area contributed by atoms with E-state index in [1.54, 1.807) is 32.2 Å². The van der Waals surface area contributed by atoms with Crippen LogP contribution in [0.4, 0.5) is 10.5 Å². The minimum Gasteiger partial charge on any atom is -0.497 e. The van der Waals surface area contributed by atoms with Gasteiger partial charge in [0.05, 0.1) is 7.11 Å². The van der Waals surface area contributed by atoms with Gasteiger partial charge >= 0.3 is 6.03 Å². The first-order valence-corrected chi connectivity index (χ1v) is 10.8. The van der Waals surface area contributed by atoms with Gasteiger partial charge in [0.25, 0.3) is 5.91 Å². The average Bonchev–Trinajstić information content (AvgIpc) is 3.05. The zero-order valence-corrected chi connectivity index (χ0v) is 18.8. The molecule has 2 aliphatic rings. The number of methoxy groups -OCH3 is 1. The van der Waals surface area contributed by atoms with Crippen LogP contribution in [0, 0.1) is 0 Å². The van der Waals surface area contributed by atoms with E-state index >= 15 is 0 Å². The Morgan fingerprint density at radius 2 is 1.85 bits per heavy atom. The van der Waals surface area contributed by atoms with Gasteiger partial charge in [-0.2, -0.15) is 0 Å². The van der Waals surface area contributed by atoms with Gasteiger partial charge in [-0.25, -0.2) is 9.69 Å². The number of fused-ring (bicyclic) bond motifs is 1. The van der Waals surface area contributed by atoms with Crippen molar-refractivity contribution in [2.24, 2.45) is 0 Å². The number of hydrogen-bond donors (Lipinski definition) is 2. The van der Waals surface area contributed by atoms with Gasteiger partial charge in [-0.3, -0.25) is 9.59 Å². The number of hydrogen-bond acceptors (Lipinski definition) is 6. The van der Waals surface area contributed by atoms with E-state index in [1.165, 1.54) is 6.92 Å². The molecule has 2 aliphatic heterocycles. The maximum Gasteiger partial charge on any atom is 0.325 e. The molecule has 2 heterocycles. The molecule has 0 radical (unpaired) electrons. The van der Waals surface area contributed by atoms with Crippen molar-refractivity contribution < 1.29 is 28.6 Å². The highest BCUT2D eigenvalue weighted by molar-refractivity contribution is 6.11. The number of benzene rings is 2. The number of carbonyl (C=O) groups excluding carboxylic acids is 3. The van der Waals surface area contributed by atoms with Gasteiger partial charge in [-0.15, -0.1) is 0 Å². The van der Waals surface area contributed by atoms with Crippen LogP contribution in [0.25, 0.3) is 0 Å². The second-order valence-corrected chi connectivity index (χ2v) is 8.31. The second kappa shape index (κ2) is 9.01. The number of aryl methyl sites for hydroxylation is 1. The number of ether oxygens (including phenoxy) is 3. The molecule has 4 amide bonds. The lowest BCUT2D eigenvalue weighted by Gasteiger charge is -2.24. The molecule has 2 atom stereocenters. The Balaban J connectivity index is 1.40. The van der Waals surface area contributed by atoms with Crippen molar-refractivity contribution in [3.63, 3.8) is 0 Å². The SMILES string of the molecule is COc1ccc(CC[C@]2(C)NC(=O)N([C@@H](C)C(=O)Nc3ccc4c(c3)OCCO4)C2=O)cc1. The van der Waals surface area contributed by atoms with Gasteiger partial charge in [0.1, 0.15) is 30.5 Å². The van der Waals surface area contributed by atoms with E-state index in [9.17, 15) is 14.4 Å². The maximum absolute atomic E-state index is 13.2. The minimum atomic E-state index is -1.09. The highest BCUT2D eigenvalue weighted by atomic mass is 16.6. The number of carbonyl (C=O) groups is 3. The lowest BCUT2D eigenvalue weighted by atomic mass is 9.93. The van der Waals surface area contributed by atoms with Gasteiger partial charge in [-0.05, 0) is 56.5 Å². The van der Waals surface area contributed by atoms with E-state index in [0.717, 1.165) is 16.2 Å². The first-order valence-electron chi connectivity index (χ1n) is 10.8. The van der Waals surface area contributed by atoms with Crippen LogP contribution >= 0.6 is 0 Å². The number of rotatable bonds is 7. The Bertz CT molecular complexity index is 1070. The molecule has 2 aromatic rings. The van der Waals surface area contributed by atoms with E-state index in [-0.39, 0.29) is 0 Å². The van der Waals surface area contributed by atoms with Crippen LogP contribution in [0.3, 0.4) is 0 Å². The molecule has 0 aromatic heterocycles. The van der Waals surface area contributed by atoms with E-state index in [2.05, 4.69) is 10.6 Å². The van der Waals surface area contributed by atoms with Crippen molar-refractivity contribution in [2.75, 3.05) is 25.6 Å². The van der Waals surface area contributed by atoms with Crippen LogP contribution in [0.5, 0.6) is 17.2 Å². The molecule has 0 aliphatic carbocycles. The van der Waals surface area contributed by atoms with Crippen molar-refractivity contribution >= 4 is 23.5 Å². The smallest absolute Gasteiger partial charge is 0.325 e. The fourth-order valence-corrected chi connectivity index (χ4v) is 3.90. The molecule has 174 valence electrons. The summed E-state index contributed by atoms with van der Waals surface area (Å²) < 4.78 is 16.2. The van der Waals surface area contributed by atoms with Crippen LogP contribution in [0.15, 0.2) is 42.5 Å². The highest BCUT2D eigenvalue weighted by Gasteiger charge is 2.50. The summed E-state index contributed by atoms with van der Waals surface area (Å²) in [4.78, 5) is 39.6.